The molecule has 80 valence electrons. The Balaban J connectivity index is 2.04. The Labute approximate surface area is 89.7 Å². The van der Waals surface area contributed by atoms with Crippen molar-refractivity contribution in [1.82, 2.24) is 9.88 Å². The number of hydrogen-bond acceptors (Lipinski definition) is 4. The first-order chi connectivity index (χ1) is 7.25. The summed E-state index contributed by atoms with van der Waals surface area (Å²) in [6.07, 6.45) is 5.79. The van der Waals surface area contributed by atoms with Crippen LogP contribution in [0.4, 0.5) is 0 Å². The molecule has 0 aliphatic carbocycles. The van der Waals surface area contributed by atoms with Crippen molar-refractivity contribution in [3.05, 3.63) is 24.0 Å². The molecule has 2 heterocycles. The third-order valence-corrected chi connectivity index (χ3v) is 2.72. The van der Waals surface area contributed by atoms with E-state index in [0.717, 1.165) is 25.2 Å². The van der Waals surface area contributed by atoms with Gasteiger partial charge in [0.25, 0.3) is 0 Å². The lowest BCUT2D eigenvalue weighted by molar-refractivity contribution is 0.331. The van der Waals surface area contributed by atoms with Crippen LogP contribution in [0.15, 0.2) is 18.5 Å². The van der Waals surface area contributed by atoms with Crippen molar-refractivity contribution in [3.8, 4) is 0 Å². The standard InChI is InChI=1S/C10H15BN2O2/c14-11(15)10-5-9(6-12-7-10)8-13-3-1-2-4-13/h5-7,14-15H,1-4,8H2. The van der Waals surface area contributed by atoms with Crippen LogP contribution in [0.25, 0.3) is 0 Å². The van der Waals surface area contributed by atoms with E-state index in [9.17, 15) is 0 Å². The van der Waals surface area contributed by atoms with Gasteiger partial charge in [-0.2, -0.15) is 0 Å². The summed E-state index contributed by atoms with van der Waals surface area (Å²) < 4.78 is 0. The van der Waals surface area contributed by atoms with Gasteiger partial charge in [-0.25, -0.2) is 0 Å². The van der Waals surface area contributed by atoms with E-state index < -0.39 is 7.12 Å². The maximum atomic E-state index is 9.01. The van der Waals surface area contributed by atoms with Crippen LogP contribution < -0.4 is 5.46 Å². The highest BCUT2D eigenvalue weighted by Crippen LogP contribution is 2.11. The first kappa shape index (κ1) is 10.6. The fourth-order valence-electron chi connectivity index (χ4n) is 1.93. The molecule has 0 unspecified atom stereocenters. The normalized spacial score (nSPS) is 16.9. The highest BCUT2D eigenvalue weighted by atomic mass is 16.4. The van der Waals surface area contributed by atoms with Crippen molar-refractivity contribution < 1.29 is 10.0 Å². The van der Waals surface area contributed by atoms with E-state index >= 15 is 0 Å². The number of aromatic nitrogens is 1. The summed E-state index contributed by atoms with van der Waals surface area (Å²) in [5.41, 5.74) is 1.51. The lowest BCUT2D eigenvalue weighted by Crippen LogP contribution is -2.31. The molecule has 0 saturated carbocycles. The predicted molar refractivity (Wildman–Crippen MR) is 58.6 cm³/mol. The summed E-state index contributed by atoms with van der Waals surface area (Å²) in [6, 6.07) is 1.80. The number of hydrogen-bond donors (Lipinski definition) is 2. The molecule has 0 atom stereocenters. The largest absolute Gasteiger partial charge is 0.490 e. The zero-order chi connectivity index (χ0) is 10.7. The second kappa shape index (κ2) is 4.74. The molecular weight excluding hydrogens is 191 g/mol. The van der Waals surface area contributed by atoms with E-state index in [1.54, 1.807) is 12.3 Å². The third-order valence-electron chi connectivity index (χ3n) is 2.72. The molecule has 2 rings (SSSR count). The van der Waals surface area contributed by atoms with Gasteiger partial charge in [-0.05, 0) is 31.5 Å². The van der Waals surface area contributed by atoms with Gasteiger partial charge in [0.15, 0.2) is 0 Å². The topological polar surface area (TPSA) is 56.6 Å². The number of pyridine rings is 1. The minimum absolute atomic E-state index is 0.465. The molecule has 0 aromatic carbocycles. The van der Waals surface area contributed by atoms with E-state index in [0.29, 0.717) is 5.46 Å². The summed E-state index contributed by atoms with van der Waals surface area (Å²) in [4.78, 5) is 6.35. The Morgan fingerprint density at radius 3 is 2.67 bits per heavy atom. The van der Waals surface area contributed by atoms with E-state index in [4.69, 9.17) is 10.0 Å². The van der Waals surface area contributed by atoms with E-state index in [1.165, 1.54) is 19.0 Å². The van der Waals surface area contributed by atoms with Gasteiger partial charge < -0.3 is 10.0 Å². The van der Waals surface area contributed by atoms with Crippen molar-refractivity contribution in [2.45, 2.75) is 19.4 Å². The Bertz CT molecular complexity index is 327. The van der Waals surface area contributed by atoms with Crippen molar-refractivity contribution >= 4 is 12.6 Å². The first-order valence-corrected chi connectivity index (χ1v) is 5.28. The SMILES string of the molecule is OB(O)c1cncc(CN2CCCC2)c1. The predicted octanol–water partition coefficient (Wildman–Crippen LogP) is -0.643. The van der Waals surface area contributed by atoms with Crippen LogP contribution in [0.5, 0.6) is 0 Å². The molecule has 1 aromatic heterocycles. The van der Waals surface area contributed by atoms with Crippen LogP contribution in [0, 0.1) is 0 Å². The lowest BCUT2D eigenvalue weighted by Gasteiger charge is -2.14. The molecule has 5 heteroatoms. The highest BCUT2D eigenvalue weighted by Gasteiger charge is 2.14. The number of rotatable bonds is 3. The second-order valence-corrected chi connectivity index (χ2v) is 3.98. The summed E-state index contributed by atoms with van der Waals surface area (Å²) in [5.74, 6) is 0. The average molecular weight is 206 g/mol. The first-order valence-electron chi connectivity index (χ1n) is 5.28. The number of likely N-dealkylation sites (tertiary alicyclic amines) is 1. The Morgan fingerprint density at radius 1 is 1.27 bits per heavy atom. The van der Waals surface area contributed by atoms with Crippen molar-refractivity contribution in [1.29, 1.82) is 0 Å². The molecule has 0 radical (unpaired) electrons. The summed E-state index contributed by atoms with van der Waals surface area (Å²) >= 11 is 0. The maximum absolute atomic E-state index is 9.01. The van der Waals surface area contributed by atoms with Gasteiger partial charge >= 0.3 is 7.12 Å². The molecule has 1 fully saturated rings. The fourth-order valence-corrected chi connectivity index (χ4v) is 1.93. The fraction of sp³-hybridized carbons (Fsp3) is 0.500. The van der Waals surface area contributed by atoms with Crippen LogP contribution >= 0.6 is 0 Å². The molecule has 1 aliphatic rings. The van der Waals surface area contributed by atoms with E-state index in [1.807, 2.05) is 0 Å². The second-order valence-electron chi connectivity index (χ2n) is 3.98. The Kier molecular flexibility index (Phi) is 3.35. The van der Waals surface area contributed by atoms with Gasteiger partial charge in [0.2, 0.25) is 0 Å². The molecule has 1 aromatic rings. The minimum Gasteiger partial charge on any atom is -0.423 e. The van der Waals surface area contributed by atoms with Crippen LogP contribution in [-0.2, 0) is 6.54 Å². The van der Waals surface area contributed by atoms with Crippen molar-refractivity contribution in [2.75, 3.05) is 13.1 Å². The highest BCUT2D eigenvalue weighted by molar-refractivity contribution is 6.58. The van der Waals surface area contributed by atoms with E-state index in [-0.39, 0.29) is 0 Å². The van der Waals surface area contributed by atoms with Crippen molar-refractivity contribution in [2.24, 2.45) is 0 Å². The number of nitrogens with zero attached hydrogens (tertiary/aromatic N) is 2. The van der Waals surface area contributed by atoms with Crippen LogP contribution in [0.2, 0.25) is 0 Å². The Hall–Kier alpha value is -0.905. The molecule has 0 spiro atoms. The maximum Gasteiger partial charge on any atom is 0.490 e. The summed E-state index contributed by atoms with van der Waals surface area (Å²) in [5, 5.41) is 18.0. The van der Waals surface area contributed by atoms with Crippen LogP contribution in [0.1, 0.15) is 18.4 Å². The molecule has 1 aliphatic heterocycles. The minimum atomic E-state index is -1.42. The smallest absolute Gasteiger partial charge is 0.423 e. The van der Waals surface area contributed by atoms with Crippen LogP contribution in [0.3, 0.4) is 0 Å². The molecular formula is C10H15BN2O2. The van der Waals surface area contributed by atoms with Crippen LogP contribution in [-0.4, -0.2) is 40.1 Å². The zero-order valence-corrected chi connectivity index (χ0v) is 8.63. The molecule has 0 amide bonds. The van der Waals surface area contributed by atoms with Gasteiger partial charge in [0.1, 0.15) is 0 Å². The zero-order valence-electron chi connectivity index (χ0n) is 8.63. The van der Waals surface area contributed by atoms with E-state index in [2.05, 4.69) is 9.88 Å². The summed E-state index contributed by atoms with van der Waals surface area (Å²) in [6.45, 7) is 3.12. The summed E-state index contributed by atoms with van der Waals surface area (Å²) in [7, 11) is -1.42. The monoisotopic (exact) mass is 206 g/mol. The third kappa shape index (κ3) is 2.78. The average Bonchev–Trinajstić information content (AvgIpc) is 2.71. The molecule has 1 saturated heterocycles. The van der Waals surface area contributed by atoms with Gasteiger partial charge in [0, 0.05) is 24.4 Å². The molecule has 4 nitrogen and oxygen atoms in total. The molecule has 0 bridgehead atoms. The van der Waals surface area contributed by atoms with Gasteiger partial charge in [-0.15, -0.1) is 0 Å². The van der Waals surface area contributed by atoms with Crippen molar-refractivity contribution in [3.63, 3.8) is 0 Å². The quantitative estimate of drug-likeness (QED) is 0.645. The van der Waals surface area contributed by atoms with Gasteiger partial charge in [-0.3, -0.25) is 9.88 Å². The van der Waals surface area contributed by atoms with Gasteiger partial charge in [0.05, 0.1) is 0 Å². The lowest BCUT2D eigenvalue weighted by atomic mass is 9.81. The van der Waals surface area contributed by atoms with Gasteiger partial charge in [-0.1, -0.05) is 6.07 Å². The molecule has 15 heavy (non-hydrogen) atoms. The molecule has 2 N–H and O–H groups in total. The Morgan fingerprint density at radius 2 is 2.00 bits per heavy atom.